The molecular formula is C12H15N3S. The Morgan fingerprint density at radius 2 is 2.19 bits per heavy atom. The zero-order valence-electron chi connectivity index (χ0n) is 9.45. The molecule has 4 heteroatoms. The lowest BCUT2D eigenvalue weighted by molar-refractivity contribution is 1.14. The molecule has 0 fully saturated rings. The summed E-state index contributed by atoms with van der Waals surface area (Å²) in [6, 6.07) is 5.95. The molecule has 3 N–H and O–H groups in total. The normalized spacial score (nSPS) is 10.4. The number of anilines is 2. The maximum atomic E-state index is 5.57. The van der Waals surface area contributed by atoms with Crippen LogP contribution in [0.4, 0.5) is 11.5 Å². The highest BCUT2D eigenvalue weighted by Crippen LogP contribution is 2.21. The Kier molecular flexibility index (Phi) is 3.10. The Labute approximate surface area is 99.3 Å². The third-order valence-electron chi connectivity index (χ3n) is 2.45. The summed E-state index contributed by atoms with van der Waals surface area (Å²) >= 11 is 1.82. The van der Waals surface area contributed by atoms with Gasteiger partial charge in [0.15, 0.2) is 0 Å². The van der Waals surface area contributed by atoms with E-state index in [2.05, 4.69) is 30.2 Å². The van der Waals surface area contributed by atoms with E-state index < -0.39 is 0 Å². The minimum atomic E-state index is 0.688. The zero-order chi connectivity index (χ0) is 11.5. The van der Waals surface area contributed by atoms with Crippen LogP contribution in [0.1, 0.15) is 15.3 Å². The molecule has 0 amide bonds. The fourth-order valence-corrected chi connectivity index (χ4v) is 2.42. The molecule has 0 aliphatic carbocycles. The minimum Gasteiger partial charge on any atom is -0.397 e. The third-order valence-corrected chi connectivity index (χ3v) is 3.60. The molecule has 2 aromatic heterocycles. The first kappa shape index (κ1) is 11.0. The first-order valence-corrected chi connectivity index (χ1v) is 5.98. The number of nitrogen functional groups attached to an aromatic ring is 1. The molecule has 0 unspecified atom stereocenters. The van der Waals surface area contributed by atoms with E-state index in [4.69, 9.17) is 5.73 Å². The van der Waals surface area contributed by atoms with Crippen molar-refractivity contribution in [1.29, 1.82) is 0 Å². The van der Waals surface area contributed by atoms with Crippen molar-refractivity contribution in [2.75, 3.05) is 11.1 Å². The Balaban J connectivity index is 1.99. The Bertz CT molecular complexity index is 454. The summed E-state index contributed by atoms with van der Waals surface area (Å²) in [5.74, 6) is 0.859. The Morgan fingerprint density at radius 3 is 2.75 bits per heavy atom. The molecular weight excluding hydrogens is 218 g/mol. The van der Waals surface area contributed by atoms with Gasteiger partial charge in [-0.15, -0.1) is 11.3 Å². The van der Waals surface area contributed by atoms with Gasteiger partial charge in [0.05, 0.1) is 18.4 Å². The van der Waals surface area contributed by atoms with Crippen LogP contribution in [0.25, 0.3) is 0 Å². The molecule has 0 saturated heterocycles. The topological polar surface area (TPSA) is 50.9 Å². The van der Waals surface area contributed by atoms with E-state index >= 15 is 0 Å². The number of nitrogens with two attached hydrogens (primary N) is 1. The summed E-state index contributed by atoms with van der Waals surface area (Å²) in [4.78, 5) is 6.90. The van der Waals surface area contributed by atoms with Crippen molar-refractivity contribution >= 4 is 22.8 Å². The summed E-state index contributed by atoms with van der Waals surface area (Å²) in [5.41, 5.74) is 7.61. The average molecular weight is 233 g/mol. The number of aromatic nitrogens is 1. The monoisotopic (exact) mass is 233 g/mol. The van der Waals surface area contributed by atoms with E-state index in [9.17, 15) is 0 Å². The summed E-state index contributed by atoms with van der Waals surface area (Å²) in [5, 5.41) is 3.27. The minimum absolute atomic E-state index is 0.688. The number of pyridine rings is 1. The molecule has 3 nitrogen and oxygen atoms in total. The van der Waals surface area contributed by atoms with Gasteiger partial charge in [0, 0.05) is 9.75 Å². The summed E-state index contributed by atoms with van der Waals surface area (Å²) in [7, 11) is 0. The molecule has 0 saturated carbocycles. The summed E-state index contributed by atoms with van der Waals surface area (Å²) in [6.45, 7) is 5.10. The molecule has 0 atom stereocenters. The largest absolute Gasteiger partial charge is 0.397 e. The summed E-state index contributed by atoms with van der Waals surface area (Å²) < 4.78 is 0. The molecule has 0 aromatic carbocycles. The van der Waals surface area contributed by atoms with Crippen LogP contribution >= 0.6 is 11.3 Å². The van der Waals surface area contributed by atoms with Gasteiger partial charge in [0.25, 0.3) is 0 Å². The van der Waals surface area contributed by atoms with Gasteiger partial charge in [-0.1, -0.05) is 0 Å². The zero-order valence-corrected chi connectivity index (χ0v) is 10.3. The van der Waals surface area contributed by atoms with Gasteiger partial charge in [-0.2, -0.15) is 0 Å². The number of hydrogen-bond donors (Lipinski definition) is 2. The standard InChI is InChI=1S/C12H15N3S/c1-8-5-11(16-9(8)2)7-15-12-4-3-10(13)6-14-12/h3-6H,7,13H2,1-2H3,(H,14,15). The van der Waals surface area contributed by atoms with Gasteiger partial charge < -0.3 is 11.1 Å². The molecule has 84 valence electrons. The van der Waals surface area contributed by atoms with Crippen LogP contribution in [0.15, 0.2) is 24.4 Å². The van der Waals surface area contributed by atoms with Crippen molar-refractivity contribution in [1.82, 2.24) is 4.98 Å². The maximum absolute atomic E-state index is 5.57. The van der Waals surface area contributed by atoms with E-state index in [1.807, 2.05) is 23.5 Å². The van der Waals surface area contributed by atoms with Crippen molar-refractivity contribution in [3.8, 4) is 0 Å². The van der Waals surface area contributed by atoms with Gasteiger partial charge in [-0.3, -0.25) is 0 Å². The number of thiophene rings is 1. The van der Waals surface area contributed by atoms with Crippen LogP contribution in [-0.4, -0.2) is 4.98 Å². The van der Waals surface area contributed by atoms with Crippen molar-refractivity contribution in [3.63, 3.8) is 0 Å². The van der Waals surface area contributed by atoms with Crippen LogP contribution in [0, 0.1) is 13.8 Å². The van der Waals surface area contributed by atoms with Gasteiger partial charge in [0.1, 0.15) is 5.82 Å². The quantitative estimate of drug-likeness (QED) is 0.857. The van der Waals surface area contributed by atoms with Gasteiger partial charge in [-0.25, -0.2) is 4.98 Å². The average Bonchev–Trinajstić information content (AvgIpc) is 2.58. The first-order chi connectivity index (χ1) is 7.65. The molecule has 0 aliphatic heterocycles. The Morgan fingerprint density at radius 1 is 1.38 bits per heavy atom. The van der Waals surface area contributed by atoms with Gasteiger partial charge in [0.2, 0.25) is 0 Å². The predicted molar refractivity (Wildman–Crippen MR) is 69.8 cm³/mol. The molecule has 0 spiro atoms. The van der Waals surface area contributed by atoms with Crippen LogP contribution < -0.4 is 11.1 Å². The third kappa shape index (κ3) is 2.52. The van der Waals surface area contributed by atoms with Crippen molar-refractivity contribution in [3.05, 3.63) is 39.7 Å². The van der Waals surface area contributed by atoms with E-state index in [0.29, 0.717) is 5.69 Å². The van der Waals surface area contributed by atoms with Crippen LogP contribution in [0.2, 0.25) is 0 Å². The van der Waals surface area contributed by atoms with Crippen molar-refractivity contribution in [2.45, 2.75) is 20.4 Å². The smallest absolute Gasteiger partial charge is 0.126 e. The summed E-state index contributed by atoms with van der Waals surface area (Å²) in [6.07, 6.45) is 1.66. The highest BCUT2D eigenvalue weighted by Gasteiger charge is 2.01. The van der Waals surface area contributed by atoms with E-state index in [-0.39, 0.29) is 0 Å². The fourth-order valence-electron chi connectivity index (χ4n) is 1.42. The first-order valence-electron chi connectivity index (χ1n) is 5.16. The van der Waals surface area contributed by atoms with Gasteiger partial charge in [-0.05, 0) is 37.6 Å². The highest BCUT2D eigenvalue weighted by molar-refractivity contribution is 7.12. The second kappa shape index (κ2) is 4.53. The number of nitrogens with one attached hydrogen (secondary N) is 1. The van der Waals surface area contributed by atoms with Crippen molar-refractivity contribution < 1.29 is 0 Å². The Hall–Kier alpha value is -1.55. The maximum Gasteiger partial charge on any atom is 0.126 e. The molecule has 16 heavy (non-hydrogen) atoms. The fraction of sp³-hybridized carbons (Fsp3) is 0.250. The van der Waals surface area contributed by atoms with E-state index in [0.717, 1.165) is 12.4 Å². The highest BCUT2D eigenvalue weighted by atomic mass is 32.1. The number of hydrogen-bond acceptors (Lipinski definition) is 4. The second-order valence-corrected chi connectivity index (χ2v) is 5.12. The number of nitrogens with zero attached hydrogens (tertiary/aromatic N) is 1. The molecule has 2 heterocycles. The molecule has 2 aromatic rings. The molecule has 0 bridgehead atoms. The van der Waals surface area contributed by atoms with E-state index in [1.54, 1.807) is 6.20 Å². The number of aryl methyl sites for hydroxylation is 2. The van der Waals surface area contributed by atoms with Gasteiger partial charge >= 0.3 is 0 Å². The van der Waals surface area contributed by atoms with Crippen LogP contribution in [0.5, 0.6) is 0 Å². The van der Waals surface area contributed by atoms with Crippen LogP contribution in [0.3, 0.4) is 0 Å². The molecule has 0 radical (unpaired) electrons. The lowest BCUT2D eigenvalue weighted by Gasteiger charge is -2.03. The second-order valence-electron chi connectivity index (χ2n) is 3.78. The predicted octanol–water partition coefficient (Wildman–Crippen LogP) is 2.95. The molecule has 0 aliphatic rings. The lowest BCUT2D eigenvalue weighted by Crippen LogP contribution is -1.99. The van der Waals surface area contributed by atoms with Crippen LogP contribution in [-0.2, 0) is 6.54 Å². The SMILES string of the molecule is Cc1cc(CNc2ccc(N)cn2)sc1C. The van der Waals surface area contributed by atoms with E-state index in [1.165, 1.54) is 15.3 Å². The number of rotatable bonds is 3. The molecule has 2 rings (SSSR count). The van der Waals surface area contributed by atoms with Crippen molar-refractivity contribution in [2.24, 2.45) is 0 Å². The lowest BCUT2D eigenvalue weighted by atomic mass is 10.3.